The van der Waals surface area contributed by atoms with Gasteiger partial charge in [-0.1, -0.05) is 52.9 Å². The highest BCUT2D eigenvalue weighted by atomic mass is 79.9. The van der Waals surface area contributed by atoms with Crippen molar-refractivity contribution in [3.63, 3.8) is 0 Å². The normalized spacial score (nSPS) is 26.4. The summed E-state index contributed by atoms with van der Waals surface area (Å²) in [5.41, 5.74) is 0.813. The molecule has 0 nitrogen and oxygen atoms in total. The molecule has 1 aliphatic rings. The molecule has 2 atom stereocenters. The van der Waals surface area contributed by atoms with Gasteiger partial charge in [-0.15, -0.1) is 0 Å². The van der Waals surface area contributed by atoms with Crippen LogP contribution in [-0.4, -0.2) is 4.83 Å². The van der Waals surface area contributed by atoms with Gasteiger partial charge in [0.2, 0.25) is 0 Å². The largest absolute Gasteiger partial charge is 0.207 e. The van der Waals surface area contributed by atoms with E-state index in [1.54, 1.807) is 6.07 Å². The Bertz CT molecular complexity index is 367. The van der Waals surface area contributed by atoms with Gasteiger partial charge in [0.25, 0.3) is 0 Å². The van der Waals surface area contributed by atoms with Crippen LogP contribution in [0.25, 0.3) is 0 Å². The zero-order valence-corrected chi connectivity index (χ0v) is 11.4. The lowest BCUT2D eigenvalue weighted by molar-refractivity contribution is 0.548. The first kappa shape index (κ1) is 12.4. The lowest BCUT2D eigenvalue weighted by Crippen LogP contribution is -2.12. The zero-order valence-electron chi connectivity index (χ0n) is 9.06. The Hall–Kier alpha value is -0.0800. The van der Waals surface area contributed by atoms with Crippen LogP contribution in [0, 0.1) is 5.82 Å². The third kappa shape index (κ3) is 2.78. The minimum absolute atomic E-state index is 0.163. The van der Waals surface area contributed by atoms with Crippen molar-refractivity contribution in [2.24, 2.45) is 0 Å². The van der Waals surface area contributed by atoms with E-state index in [1.807, 2.05) is 6.07 Å². The molecule has 0 N–H and O–H groups in total. The summed E-state index contributed by atoms with van der Waals surface area (Å²) in [5.74, 6) is 0.128. The molecule has 2 unspecified atom stereocenters. The summed E-state index contributed by atoms with van der Waals surface area (Å²) in [6, 6.07) is 5.04. The van der Waals surface area contributed by atoms with Crippen LogP contribution < -0.4 is 0 Å². The molecule has 0 saturated heterocycles. The van der Waals surface area contributed by atoms with Gasteiger partial charge in [-0.05, 0) is 36.5 Å². The molecule has 0 amide bonds. The Labute approximate surface area is 109 Å². The molecule has 0 radical (unpaired) electrons. The van der Waals surface area contributed by atoms with Crippen molar-refractivity contribution in [1.82, 2.24) is 0 Å². The minimum atomic E-state index is -0.163. The van der Waals surface area contributed by atoms with Crippen LogP contribution in [0.15, 0.2) is 18.2 Å². The number of hydrogen-bond donors (Lipinski definition) is 0. The van der Waals surface area contributed by atoms with Crippen molar-refractivity contribution < 1.29 is 4.39 Å². The van der Waals surface area contributed by atoms with E-state index in [0.29, 0.717) is 15.8 Å². The third-order valence-corrected chi connectivity index (χ3v) is 4.62. The lowest BCUT2D eigenvalue weighted by atomic mass is 9.91. The smallest absolute Gasteiger partial charge is 0.128 e. The second-order valence-electron chi connectivity index (χ2n) is 4.43. The highest BCUT2D eigenvalue weighted by Gasteiger charge is 2.25. The summed E-state index contributed by atoms with van der Waals surface area (Å²) in [6.07, 6.45) is 5.88. The highest BCUT2D eigenvalue weighted by molar-refractivity contribution is 9.09. The second-order valence-corrected chi connectivity index (χ2v) is 6.04. The first-order valence-corrected chi connectivity index (χ1v) is 7.07. The topological polar surface area (TPSA) is 0 Å². The van der Waals surface area contributed by atoms with Crippen molar-refractivity contribution in [3.05, 3.63) is 34.6 Å². The minimum Gasteiger partial charge on any atom is -0.207 e. The molecular weight excluding hydrogens is 290 g/mol. The van der Waals surface area contributed by atoms with E-state index in [2.05, 4.69) is 15.9 Å². The summed E-state index contributed by atoms with van der Waals surface area (Å²) >= 11 is 9.47. The fourth-order valence-electron chi connectivity index (χ4n) is 2.41. The summed E-state index contributed by atoms with van der Waals surface area (Å²) in [6.45, 7) is 0. The third-order valence-electron chi connectivity index (χ3n) is 3.29. The molecule has 1 aromatic rings. The zero-order chi connectivity index (χ0) is 11.5. The van der Waals surface area contributed by atoms with Crippen molar-refractivity contribution in [1.29, 1.82) is 0 Å². The van der Waals surface area contributed by atoms with E-state index in [-0.39, 0.29) is 5.82 Å². The fraction of sp³-hybridized carbons (Fsp3) is 0.538. The predicted octanol–water partition coefficient (Wildman–Crippen LogP) is 5.29. The Morgan fingerprint density at radius 1 is 1.19 bits per heavy atom. The van der Waals surface area contributed by atoms with Gasteiger partial charge in [0.05, 0.1) is 0 Å². The van der Waals surface area contributed by atoms with Gasteiger partial charge in [-0.2, -0.15) is 0 Å². The van der Waals surface area contributed by atoms with Crippen LogP contribution in [0.2, 0.25) is 5.02 Å². The SMILES string of the molecule is Fc1cc(Cl)ccc1C1CCCCCC1Br. The fourth-order valence-corrected chi connectivity index (χ4v) is 3.45. The molecule has 16 heavy (non-hydrogen) atoms. The van der Waals surface area contributed by atoms with E-state index in [1.165, 1.54) is 25.3 Å². The van der Waals surface area contributed by atoms with Gasteiger partial charge in [0.15, 0.2) is 0 Å². The molecule has 0 aliphatic heterocycles. The first-order valence-electron chi connectivity index (χ1n) is 5.77. The number of halogens is 3. The quantitative estimate of drug-likeness (QED) is 0.488. The van der Waals surface area contributed by atoms with Gasteiger partial charge in [-0.3, -0.25) is 0 Å². The molecule has 88 valence electrons. The lowest BCUT2D eigenvalue weighted by Gasteiger charge is -2.21. The van der Waals surface area contributed by atoms with Gasteiger partial charge >= 0.3 is 0 Å². The van der Waals surface area contributed by atoms with Crippen molar-refractivity contribution in [2.45, 2.75) is 42.8 Å². The number of hydrogen-bond acceptors (Lipinski definition) is 0. The van der Waals surface area contributed by atoms with E-state index >= 15 is 0 Å². The second kappa shape index (κ2) is 5.50. The monoisotopic (exact) mass is 304 g/mol. The van der Waals surface area contributed by atoms with Crippen molar-refractivity contribution >= 4 is 27.5 Å². The van der Waals surface area contributed by atoms with Crippen LogP contribution in [0.5, 0.6) is 0 Å². The van der Waals surface area contributed by atoms with Crippen LogP contribution in [0.1, 0.15) is 43.6 Å². The molecule has 0 aromatic heterocycles. The Balaban J connectivity index is 2.27. The van der Waals surface area contributed by atoms with Gasteiger partial charge in [-0.25, -0.2) is 4.39 Å². The standard InChI is InChI=1S/C13H15BrClF/c14-12-5-3-1-2-4-10(12)11-7-6-9(15)8-13(11)16/h6-8,10,12H,1-5H2. The van der Waals surface area contributed by atoms with Crippen molar-refractivity contribution in [3.8, 4) is 0 Å². The summed E-state index contributed by atoms with van der Waals surface area (Å²) < 4.78 is 13.8. The van der Waals surface area contributed by atoms with Crippen molar-refractivity contribution in [2.75, 3.05) is 0 Å². The van der Waals surface area contributed by atoms with E-state index < -0.39 is 0 Å². The molecule has 3 heteroatoms. The van der Waals surface area contributed by atoms with E-state index in [0.717, 1.165) is 18.4 Å². The van der Waals surface area contributed by atoms with Crippen LogP contribution >= 0.6 is 27.5 Å². The molecular formula is C13H15BrClF. The summed E-state index contributed by atoms with van der Waals surface area (Å²) in [4.78, 5) is 0.394. The average Bonchev–Trinajstić information content (AvgIpc) is 2.44. The Morgan fingerprint density at radius 2 is 1.94 bits per heavy atom. The maximum absolute atomic E-state index is 13.8. The predicted molar refractivity (Wildman–Crippen MR) is 70.0 cm³/mol. The highest BCUT2D eigenvalue weighted by Crippen LogP contribution is 2.37. The molecule has 0 spiro atoms. The summed E-state index contributed by atoms with van der Waals surface area (Å²) in [7, 11) is 0. The molecule has 1 saturated carbocycles. The molecule has 0 bridgehead atoms. The molecule has 1 fully saturated rings. The van der Waals surface area contributed by atoms with Crippen LogP contribution in [-0.2, 0) is 0 Å². The number of benzene rings is 1. The van der Waals surface area contributed by atoms with Gasteiger partial charge in [0.1, 0.15) is 5.82 Å². The first-order chi connectivity index (χ1) is 7.68. The van der Waals surface area contributed by atoms with Crippen LogP contribution in [0.4, 0.5) is 4.39 Å². The Morgan fingerprint density at radius 3 is 2.69 bits per heavy atom. The van der Waals surface area contributed by atoms with E-state index in [4.69, 9.17) is 11.6 Å². The maximum atomic E-state index is 13.8. The average molecular weight is 306 g/mol. The molecule has 1 aromatic carbocycles. The van der Waals surface area contributed by atoms with Gasteiger partial charge < -0.3 is 0 Å². The molecule has 2 rings (SSSR count). The molecule has 0 heterocycles. The van der Waals surface area contributed by atoms with Gasteiger partial charge in [0, 0.05) is 9.85 Å². The number of alkyl halides is 1. The number of rotatable bonds is 1. The van der Waals surface area contributed by atoms with Crippen LogP contribution in [0.3, 0.4) is 0 Å². The maximum Gasteiger partial charge on any atom is 0.128 e. The van der Waals surface area contributed by atoms with E-state index in [9.17, 15) is 4.39 Å². The molecule has 1 aliphatic carbocycles. The Kier molecular flexibility index (Phi) is 4.26. The summed E-state index contributed by atoms with van der Waals surface area (Å²) in [5, 5.41) is 0.473.